The van der Waals surface area contributed by atoms with Crippen molar-refractivity contribution in [1.29, 1.82) is 0 Å². The van der Waals surface area contributed by atoms with Crippen LogP contribution < -0.4 is 5.32 Å². The third-order valence-electron chi connectivity index (χ3n) is 4.42. The van der Waals surface area contributed by atoms with E-state index in [2.05, 4.69) is 5.32 Å². The molecule has 23 heavy (non-hydrogen) atoms. The van der Waals surface area contributed by atoms with Crippen LogP contribution in [-0.2, 0) is 19.1 Å². The Kier molecular flexibility index (Phi) is 4.30. The number of carbonyl (C=O) groups is 2. The Bertz CT molecular complexity index is 737. The largest absolute Gasteiger partial charge is 0.469 e. The van der Waals surface area contributed by atoms with Crippen LogP contribution in [0.15, 0.2) is 42.5 Å². The summed E-state index contributed by atoms with van der Waals surface area (Å²) in [7, 11) is 2.72. The summed E-state index contributed by atoms with van der Waals surface area (Å²) in [6.45, 7) is 0. The molecule has 0 radical (unpaired) electrons. The molecular formula is C18H19NO4. The molecule has 0 saturated carbocycles. The van der Waals surface area contributed by atoms with Crippen LogP contribution in [0.3, 0.4) is 0 Å². The number of fused-ring (bicyclic) bond motifs is 1. The summed E-state index contributed by atoms with van der Waals surface area (Å²) in [6.07, 6.45) is 0.368. The van der Waals surface area contributed by atoms with Crippen LogP contribution in [0.5, 0.6) is 0 Å². The van der Waals surface area contributed by atoms with E-state index in [1.54, 1.807) is 0 Å². The van der Waals surface area contributed by atoms with Crippen molar-refractivity contribution in [3.05, 3.63) is 48.0 Å². The average Bonchev–Trinajstić information content (AvgIpc) is 3.05. The predicted molar refractivity (Wildman–Crippen MR) is 85.8 cm³/mol. The SMILES string of the molecule is COC(=O)[C@H]1C[C@@H](C(=O)OC)[C@@H](c2cccc3ccccc23)N1. The fourth-order valence-corrected chi connectivity index (χ4v) is 3.31. The van der Waals surface area contributed by atoms with Gasteiger partial charge >= 0.3 is 11.9 Å². The second kappa shape index (κ2) is 6.38. The highest BCUT2D eigenvalue weighted by Crippen LogP contribution is 2.37. The van der Waals surface area contributed by atoms with E-state index in [1.807, 2.05) is 42.5 Å². The van der Waals surface area contributed by atoms with Crippen molar-refractivity contribution in [2.24, 2.45) is 5.92 Å². The molecule has 2 aromatic rings. The summed E-state index contributed by atoms with van der Waals surface area (Å²) in [5.74, 6) is -1.10. The minimum Gasteiger partial charge on any atom is -0.469 e. The quantitative estimate of drug-likeness (QED) is 0.880. The number of rotatable bonds is 3. The molecule has 1 aliphatic heterocycles. The molecule has 0 aromatic heterocycles. The van der Waals surface area contributed by atoms with Crippen molar-refractivity contribution >= 4 is 22.7 Å². The van der Waals surface area contributed by atoms with Crippen molar-refractivity contribution in [3.63, 3.8) is 0 Å². The molecule has 0 bridgehead atoms. The molecule has 1 N–H and O–H groups in total. The summed E-state index contributed by atoms with van der Waals surface area (Å²) in [4.78, 5) is 24.1. The maximum Gasteiger partial charge on any atom is 0.322 e. The van der Waals surface area contributed by atoms with Crippen LogP contribution in [0.25, 0.3) is 10.8 Å². The van der Waals surface area contributed by atoms with Gasteiger partial charge in [0.2, 0.25) is 0 Å². The number of benzene rings is 2. The fourth-order valence-electron chi connectivity index (χ4n) is 3.31. The third kappa shape index (κ3) is 2.80. The summed E-state index contributed by atoms with van der Waals surface area (Å²) < 4.78 is 9.74. The number of esters is 2. The first-order valence-electron chi connectivity index (χ1n) is 7.55. The van der Waals surface area contributed by atoms with Crippen LogP contribution in [0, 0.1) is 5.92 Å². The van der Waals surface area contributed by atoms with E-state index in [9.17, 15) is 9.59 Å². The van der Waals surface area contributed by atoms with Gasteiger partial charge in [0.05, 0.1) is 20.1 Å². The van der Waals surface area contributed by atoms with Gasteiger partial charge in [-0.3, -0.25) is 14.9 Å². The molecule has 5 nitrogen and oxygen atoms in total. The zero-order valence-corrected chi connectivity index (χ0v) is 13.1. The number of methoxy groups -OCH3 is 2. The molecule has 0 spiro atoms. The maximum atomic E-state index is 12.2. The smallest absolute Gasteiger partial charge is 0.322 e. The lowest BCUT2D eigenvalue weighted by atomic mass is 9.90. The van der Waals surface area contributed by atoms with E-state index in [0.717, 1.165) is 16.3 Å². The molecule has 1 fully saturated rings. The maximum absolute atomic E-state index is 12.2. The van der Waals surface area contributed by atoms with Gasteiger partial charge in [0.15, 0.2) is 0 Å². The van der Waals surface area contributed by atoms with Gasteiger partial charge in [-0.05, 0) is 22.8 Å². The minimum atomic E-state index is -0.506. The summed E-state index contributed by atoms with van der Waals surface area (Å²) in [6, 6.07) is 13.2. The molecule has 1 saturated heterocycles. The van der Waals surface area contributed by atoms with Crippen LogP contribution in [-0.4, -0.2) is 32.2 Å². The molecule has 1 aliphatic rings. The third-order valence-corrected chi connectivity index (χ3v) is 4.42. The normalized spacial score (nSPS) is 23.7. The van der Waals surface area contributed by atoms with Gasteiger partial charge in [-0.25, -0.2) is 0 Å². The molecule has 120 valence electrons. The Morgan fingerprint density at radius 1 is 1.00 bits per heavy atom. The molecular weight excluding hydrogens is 294 g/mol. The van der Waals surface area contributed by atoms with Crippen LogP contribution in [0.4, 0.5) is 0 Å². The second-order valence-corrected chi connectivity index (χ2v) is 5.65. The van der Waals surface area contributed by atoms with Gasteiger partial charge in [0.1, 0.15) is 6.04 Å². The average molecular weight is 313 g/mol. The van der Waals surface area contributed by atoms with Crippen molar-refractivity contribution < 1.29 is 19.1 Å². The Labute approximate surface area is 134 Å². The highest BCUT2D eigenvalue weighted by Gasteiger charge is 2.43. The zero-order valence-electron chi connectivity index (χ0n) is 13.1. The number of ether oxygens (including phenoxy) is 2. The number of hydrogen-bond donors (Lipinski definition) is 1. The Morgan fingerprint density at radius 3 is 2.43 bits per heavy atom. The molecule has 2 aromatic carbocycles. The summed E-state index contributed by atoms with van der Waals surface area (Å²) in [5, 5.41) is 5.40. The molecule has 0 amide bonds. The number of hydrogen-bond acceptors (Lipinski definition) is 5. The van der Waals surface area contributed by atoms with Gasteiger partial charge in [0.25, 0.3) is 0 Å². The van der Waals surface area contributed by atoms with Crippen LogP contribution >= 0.6 is 0 Å². The molecule has 1 heterocycles. The first-order chi connectivity index (χ1) is 11.2. The lowest BCUT2D eigenvalue weighted by molar-refractivity contribution is -0.146. The molecule has 0 unspecified atom stereocenters. The van der Waals surface area contributed by atoms with Crippen molar-refractivity contribution in [2.45, 2.75) is 18.5 Å². The second-order valence-electron chi connectivity index (χ2n) is 5.65. The Hall–Kier alpha value is -2.40. The van der Waals surface area contributed by atoms with Gasteiger partial charge < -0.3 is 9.47 Å². The van der Waals surface area contributed by atoms with Gasteiger partial charge in [0, 0.05) is 6.04 Å². The lowest BCUT2D eigenvalue weighted by Crippen LogP contribution is -2.33. The predicted octanol–water partition coefficient (Wildman–Crippen LogP) is 2.20. The van der Waals surface area contributed by atoms with Gasteiger partial charge in [-0.2, -0.15) is 0 Å². The number of nitrogens with one attached hydrogen (secondary N) is 1. The monoisotopic (exact) mass is 313 g/mol. The van der Waals surface area contributed by atoms with Crippen molar-refractivity contribution in [1.82, 2.24) is 5.32 Å². The molecule has 0 aliphatic carbocycles. The summed E-state index contributed by atoms with van der Waals surface area (Å²) in [5.41, 5.74) is 0.991. The molecule has 3 rings (SSSR count). The first-order valence-corrected chi connectivity index (χ1v) is 7.55. The Balaban J connectivity index is 2.03. The van der Waals surface area contributed by atoms with Gasteiger partial charge in [-0.15, -0.1) is 0 Å². The fraction of sp³-hybridized carbons (Fsp3) is 0.333. The van der Waals surface area contributed by atoms with Crippen LogP contribution in [0.1, 0.15) is 18.0 Å². The first kappa shape index (κ1) is 15.5. The van der Waals surface area contributed by atoms with E-state index >= 15 is 0 Å². The zero-order chi connectivity index (χ0) is 16.4. The summed E-state index contributed by atoms with van der Waals surface area (Å²) >= 11 is 0. The van der Waals surface area contributed by atoms with Gasteiger partial charge in [-0.1, -0.05) is 42.5 Å². The highest BCUT2D eigenvalue weighted by atomic mass is 16.5. The van der Waals surface area contributed by atoms with Crippen molar-refractivity contribution in [2.75, 3.05) is 14.2 Å². The van der Waals surface area contributed by atoms with Crippen LogP contribution in [0.2, 0.25) is 0 Å². The lowest BCUT2D eigenvalue weighted by Gasteiger charge is -2.20. The molecule has 3 atom stereocenters. The van der Waals surface area contributed by atoms with E-state index < -0.39 is 12.0 Å². The highest BCUT2D eigenvalue weighted by molar-refractivity contribution is 5.88. The topological polar surface area (TPSA) is 64.6 Å². The minimum absolute atomic E-state index is 0.280. The number of carbonyl (C=O) groups excluding carboxylic acids is 2. The van der Waals surface area contributed by atoms with E-state index in [4.69, 9.17) is 9.47 Å². The van der Waals surface area contributed by atoms with E-state index in [-0.39, 0.29) is 18.0 Å². The molecule has 5 heteroatoms. The van der Waals surface area contributed by atoms with Crippen molar-refractivity contribution in [3.8, 4) is 0 Å². The van der Waals surface area contributed by atoms with E-state index in [1.165, 1.54) is 14.2 Å². The standard InChI is InChI=1S/C18H19NO4/c1-22-17(20)14-10-15(18(21)23-2)19-16(14)13-9-5-7-11-6-3-4-8-12(11)13/h3-9,14-16,19H,10H2,1-2H3/t14-,15-,16-/m1/s1. The Morgan fingerprint density at radius 2 is 1.70 bits per heavy atom. The van der Waals surface area contributed by atoms with E-state index in [0.29, 0.717) is 6.42 Å².